The molecule has 0 radical (unpaired) electrons. The molecule has 0 aromatic carbocycles. The molecule has 0 spiro atoms. The molecule has 0 aliphatic rings. The zero-order chi connectivity index (χ0) is 15.4. The van der Waals surface area contributed by atoms with Gasteiger partial charge in [0.15, 0.2) is 5.16 Å². The maximum absolute atomic E-state index is 12.5. The van der Waals surface area contributed by atoms with Gasteiger partial charge in [0.05, 0.1) is 5.25 Å². The number of rotatable bonds is 5. The van der Waals surface area contributed by atoms with Gasteiger partial charge < -0.3 is 16.4 Å². The van der Waals surface area contributed by atoms with Crippen molar-refractivity contribution in [1.29, 1.82) is 0 Å². The van der Waals surface area contributed by atoms with E-state index in [9.17, 15) is 4.79 Å². The summed E-state index contributed by atoms with van der Waals surface area (Å²) in [4.78, 5) is 26.0. The van der Waals surface area contributed by atoms with Crippen molar-refractivity contribution in [2.24, 2.45) is 0 Å². The second-order valence-corrected chi connectivity index (χ2v) is 6.34. The maximum Gasteiger partial charge on any atom is 0.236 e. The van der Waals surface area contributed by atoms with Gasteiger partial charge in [0.25, 0.3) is 0 Å². The molecule has 1 rings (SSSR count). The molecule has 8 heteroatoms. The molecule has 0 aliphatic carbocycles. The molecule has 0 bridgehead atoms. The minimum absolute atomic E-state index is 0.0394. The lowest BCUT2D eigenvalue weighted by molar-refractivity contribution is -0.133. The molecule has 0 saturated carbocycles. The van der Waals surface area contributed by atoms with Gasteiger partial charge >= 0.3 is 0 Å². The van der Waals surface area contributed by atoms with E-state index in [2.05, 4.69) is 15.0 Å². The highest BCUT2D eigenvalue weighted by atomic mass is 32.2. The molecule has 4 N–H and O–H groups in total. The van der Waals surface area contributed by atoms with Gasteiger partial charge in [-0.15, -0.1) is 0 Å². The zero-order valence-corrected chi connectivity index (χ0v) is 13.3. The zero-order valence-electron chi connectivity index (χ0n) is 12.5. The van der Waals surface area contributed by atoms with E-state index >= 15 is 0 Å². The Morgan fingerprint density at radius 1 is 1.00 bits per heavy atom. The van der Waals surface area contributed by atoms with Gasteiger partial charge in [0.1, 0.15) is 0 Å². The molecule has 1 heterocycles. The summed E-state index contributed by atoms with van der Waals surface area (Å²) in [6, 6.07) is 0.276. The number of thioether (sulfide) groups is 1. The number of amides is 1. The standard InChI is InChI=1S/C12H22N6OS/c1-6(2)18(7(3)4)9(19)8(5)20-12-16-10(13)15-11(14)17-12/h6-8H,1-5H3,(H4,13,14,15,16,17)/t8-/m0/s1. The van der Waals surface area contributed by atoms with E-state index in [1.807, 2.05) is 39.5 Å². The molecule has 1 atom stereocenters. The van der Waals surface area contributed by atoms with Crippen LogP contribution in [0.25, 0.3) is 0 Å². The van der Waals surface area contributed by atoms with Crippen molar-refractivity contribution in [2.45, 2.75) is 57.1 Å². The Morgan fingerprint density at radius 3 is 1.85 bits per heavy atom. The summed E-state index contributed by atoms with van der Waals surface area (Å²) in [6.45, 7) is 9.80. The highest BCUT2D eigenvalue weighted by molar-refractivity contribution is 8.00. The minimum Gasteiger partial charge on any atom is -0.368 e. The van der Waals surface area contributed by atoms with Crippen LogP contribution in [0.1, 0.15) is 34.6 Å². The van der Waals surface area contributed by atoms with Crippen LogP contribution in [-0.2, 0) is 4.79 Å². The summed E-state index contributed by atoms with van der Waals surface area (Å²) in [5.41, 5.74) is 11.0. The van der Waals surface area contributed by atoms with Gasteiger partial charge in [-0.1, -0.05) is 11.8 Å². The lowest BCUT2D eigenvalue weighted by Gasteiger charge is -2.32. The van der Waals surface area contributed by atoms with Crippen LogP contribution in [0.4, 0.5) is 11.9 Å². The number of anilines is 2. The number of nitrogens with two attached hydrogens (primary N) is 2. The van der Waals surface area contributed by atoms with Gasteiger partial charge in [-0.2, -0.15) is 15.0 Å². The molecule has 7 nitrogen and oxygen atoms in total. The van der Waals surface area contributed by atoms with Crippen molar-refractivity contribution < 1.29 is 4.79 Å². The molecule has 0 aliphatic heterocycles. The van der Waals surface area contributed by atoms with Crippen LogP contribution in [0, 0.1) is 0 Å². The first-order valence-corrected chi connectivity index (χ1v) is 7.36. The summed E-state index contributed by atoms with van der Waals surface area (Å²) < 4.78 is 0. The summed E-state index contributed by atoms with van der Waals surface area (Å²) in [7, 11) is 0. The Labute approximate surface area is 123 Å². The van der Waals surface area contributed by atoms with E-state index in [4.69, 9.17) is 11.5 Å². The molecular formula is C12H22N6OS. The molecule has 0 saturated heterocycles. The number of aromatic nitrogens is 3. The van der Waals surface area contributed by atoms with E-state index in [1.54, 1.807) is 0 Å². The number of hydrogen-bond acceptors (Lipinski definition) is 7. The van der Waals surface area contributed by atoms with Gasteiger partial charge in [-0.3, -0.25) is 4.79 Å². The van der Waals surface area contributed by atoms with Crippen LogP contribution >= 0.6 is 11.8 Å². The van der Waals surface area contributed by atoms with Gasteiger partial charge in [0, 0.05) is 12.1 Å². The maximum atomic E-state index is 12.5. The fourth-order valence-electron chi connectivity index (χ4n) is 1.96. The highest BCUT2D eigenvalue weighted by Gasteiger charge is 2.26. The Hall–Kier alpha value is -1.57. The number of nitrogen functional groups attached to an aromatic ring is 2. The van der Waals surface area contributed by atoms with Gasteiger partial charge in [-0.05, 0) is 34.6 Å². The smallest absolute Gasteiger partial charge is 0.236 e. The van der Waals surface area contributed by atoms with Crippen molar-refractivity contribution in [1.82, 2.24) is 19.9 Å². The highest BCUT2D eigenvalue weighted by Crippen LogP contribution is 2.23. The second kappa shape index (κ2) is 6.74. The first-order valence-electron chi connectivity index (χ1n) is 6.48. The third kappa shape index (κ3) is 4.22. The summed E-state index contributed by atoms with van der Waals surface area (Å²) in [6.07, 6.45) is 0. The predicted molar refractivity (Wildman–Crippen MR) is 81.1 cm³/mol. The number of carbonyl (C=O) groups excluding carboxylic acids is 1. The van der Waals surface area contributed by atoms with E-state index < -0.39 is 0 Å². The van der Waals surface area contributed by atoms with Crippen molar-refractivity contribution in [3.05, 3.63) is 0 Å². The van der Waals surface area contributed by atoms with Crippen molar-refractivity contribution >= 4 is 29.6 Å². The van der Waals surface area contributed by atoms with Crippen LogP contribution in [0.2, 0.25) is 0 Å². The third-order valence-electron chi connectivity index (χ3n) is 2.65. The Kier molecular flexibility index (Phi) is 5.55. The lowest BCUT2D eigenvalue weighted by atomic mass is 10.2. The molecule has 0 fully saturated rings. The quantitative estimate of drug-likeness (QED) is 0.784. The van der Waals surface area contributed by atoms with Crippen LogP contribution in [0.15, 0.2) is 5.16 Å². The number of nitrogens with zero attached hydrogens (tertiary/aromatic N) is 4. The minimum atomic E-state index is -0.319. The molecule has 1 aromatic heterocycles. The first-order chi connectivity index (χ1) is 9.22. The predicted octanol–water partition coefficient (Wildman–Crippen LogP) is 1.16. The molecule has 1 aromatic rings. The largest absolute Gasteiger partial charge is 0.368 e. The van der Waals surface area contributed by atoms with E-state index in [1.165, 1.54) is 11.8 Å². The fraction of sp³-hybridized carbons (Fsp3) is 0.667. The molecular weight excluding hydrogens is 276 g/mol. The third-order valence-corrected chi connectivity index (χ3v) is 3.60. The van der Waals surface area contributed by atoms with Crippen molar-refractivity contribution in [2.75, 3.05) is 11.5 Å². The lowest BCUT2D eigenvalue weighted by Crippen LogP contribution is -2.45. The summed E-state index contributed by atoms with van der Waals surface area (Å²) in [5, 5.41) is 0.0457. The molecule has 112 valence electrons. The number of hydrogen-bond donors (Lipinski definition) is 2. The van der Waals surface area contributed by atoms with Gasteiger partial charge in [0.2, 0.25) is 17.8 Å². The monoisotopic (exact) mass is 298 g/mol. The SMILES string of the molecule is CC(C)N(C(=O)[C@H](C)Sc1nc(N)nc(N)n1)C(C)C. The van der Waals surface area contributed by atoms with Crippen molar-refractivity contribution in [3.8, 4) is 0 Å². The second-order valence-electron chi connectivity index (χ2n) is 5.03. The average Bonchev–Trinajstić information content (AvgIpc) is 2.25. The molecule has 1 amide bonds. The van der Waals surface area contributed by atoms with E-state index in [-0.39, 0.29) is 35.1 Å². The van der Waals surface area contributed by atoms with Crippen LogP contribution in [0.5, 0.6) is 0 Å². The van der Waals surface area contributed by atoms with Crippen molar-refractivity contribution in [3.63, 3.8) is 0 Å². The van der Waals surface area contributed by atoms with Crippen LogP contribution < -0.4 is 11.5 Å². The van der Waals surface area contributed by atoms with E-state index in [0.29, 0.717) is 5.16 Å². The Morgan fingerprint density at radius 2 is 1.45 bits per heavy atom. The average molecular weight is 298 g/mol. The normalized spacial score (nSPS) is 12.8. The van der Waals surface area contributed by atoms with Crippen LogP contribution in [0.3, 0.4) is 0 Å². The summed E-state index contributed by atoms with van der Waals surface area (Å²) in [5.74, 6) is 0.158. The van der Waals surface area contributed by atoms with Gasteiger partial charge in [-0.25, -0.2) is 0 Å². The topological polar surface area (TPSA) is 111 Å². The van der Waals surface area contributed by atoms with Crippen LogP contribution in [-0.4, -0.2) is 43.1 Å². The molecule has 20 heavy (non-hydrogen) atoms. The summed E-state index contributed by atoms with van der Waals surface area (Å²) >= 11 is 1.23. The number of carbonyl (C=O) groups is 1. The Bertz CT molecular complexity index is 451. The molecule has 0 unspecified atom stereocenters. The van der Waals surface area contributed by atoms with E-state index in [0.717, 1.165) is 0 Å². The Balaban J connectivity index is 2.84. The first kappa shape index (κ1) is 16.5. The fourth-order valence-corrected chi connectivity index (χ4v) is 2.80.